The summed E-state index contributed by atoms with van der Waals surface area (Å²) in [5.41, 5.74) is 0. The highest BCUT2D eigenvalue weighted by Gasteiger charge is 2.18. The molecule has 0 saturated heterocycles. The molecule has 0 bridgehead atoms. The van der Waals surface area contributed by atoms with Crippen LogP contribution in [-0.2, 0) is 0 Å². The first kappa shape index (κ1) is 11.9. The van der Waals surface area contributed by atoms with E-state index in [0.717, 1.165) is 5.01 Å². The fraction of sp³-hybridized carbons (Fsp3) is 0.875. The summed E-state index contributed by atoms with van der Waals surface area (Å²) in [5.74, 6) is 0.243. The lowest BCUT2D eigenvalue weighted by Crippen LogP contribution is -2.39. The van der Waals surface area contributed by atoms with Gasteiger partial charge in [0.2, 0.25) is 0 Å². The molecule has 0 aromatic heterocycles. The third-order valence-electron chi connectivity index (χ3n) is 1.66. The largest absolute Gasteiger partial charge is 0.342 e. The lowest BCUT2D eigenvalue weighted by atomic mass is 10.2. The van der Waals surface area contributed by atoms with Crippen molar-refractivity contribution < 1.29 is 4.79 Å². The zero-order valence-corrected chi connectivity index (χ0v) is 8.65. The Labute approximate surface area is 78.6 Å². The molecular formula is C8H17N3O2. The zero-order valence-electron chi connectivity index (χ0n) is 8.65. The highest BCUT2D eigenvalue weighted by Crippen LogP contribution is 2.02. The molecule has 0 heterocycles. The Morgan fingerprint density at radius 3 is 2.31 bits per heavy atom. The Morgan fingerprint density at radius 1 is 1.46 bits per heavy atom. The van der Waals surface area contributed by atoms with Gasteiger partial charge in [-0.05, 0) is 12.8 Å². The molecule has 0 radical (unpaired) electrons. The van der Waals surface area contributed by atoms with Crippen LogP contribution in [0.4, 0.5) is 4.79 Å². The predicted molar refractivity (Wildman–Crippen MR) is 51.0 cm³/mol. The number of amides is 2. The SMILES string of the molecule is CCN(C)C(=O)N(CC(C)C)N=O. The van der Waals surface area contributed by atoms with Crippen molar-refractivity contribution in [3.8, 4) is 0 Å². The van der Waals surface area contributed by atoms with Gasteiger partial charge in [-0.15, -0.1) is 4.91 Å². The van der Waals surface area contributed by atoms with Gasteiger partial charge in [0, 0.05) is 13.6 Å². The van der Waals surface area contributed by atoms with Crippen LogP contribution in [0.2, 0.25) is 0 Å². The summed E-state index contributed by atoms with van der Waals surface area (Å²) in [7, 11) is 1.64. The van der Waals surface area contributed by atoms with Gasteiger partial charge in [0.15, 0.2) is 0 Å². The molecule has 0 unspecified atom stereocenters. The van der Waals surface area contributed by atoms with E-state index in [1.807, 2.05) is 20.8 Å². The third-order valence-corrected chi connectivity index (χ3v) is 1.66. The number of carbonyl (C=O) groups excluding carboxylic acids is 1. The zero-order chi connectivity index (χ0) is 10.4. The van der Waals surface area contributed by atoms with Gasteiger partial charge >= 0.3 is 6.03 Å². The minimum absolute atomic E-state index is 0.243. The van der Waals surface area contributed by atoms with Crippen LogP contribution in [0.25, 0.3) is 0 Å². The van der Waals surface area contributed by atoms with E-state index >= 15 is 0 Å². The van der Waals surface area contributed by atoms with Gasteiger partial charge < -0.3 is 4.90 Å². The molecule has 0 atom stereocenters. The lowest BCUT2D eigenvalue weighted by molar-refractivity contribution is 0.160. The van der Waals surface area contributed by atoms with Crippen LogP contribution in [-0.4, -0.2) is 36.1 Å². The van der Waals surface area contributed by atoms with E-state index in [9.17, 15) is 9.70 Å². The molecule has 0 saturated carbocycles. The predicted octanol–water partition coefficient (Wildman–Crippen LogP) is 1.70. The number of urea groups is 1. The minimum Gasteiger partial charge on any atom is -0.326 e. The molecule has 5 heteroatoms. The van der Waals surface area contributed by atoms with Crippen molar-refractivity contribution in [3.05, 3.63) is 4.91 Å². The molecule has 2 amide bonds. The molecule has 0 rings (SSSR count). The topological polar surface area (TPSA) is 53.0 Å². The van der Waals surface area contributed by atoms with E-state index in [-0.39, 0.29) is 11.9 Å². The van der Waals surface area contributed by atoms with Crippen molar-refractivity contribution >= 4 is 6.03 Å². The first-order valence-electron chi connectivity index (χ1n) is 4.38. The van der Waals surface area contributed by atoms with Crippen LogP contribution in [0.5, 0.6) is 0 Å². The van der Waals surface area contributed by atoms with Crippen molar-refractivity contribution in [2.24, 2.45) is 11.2 Å². The van der Waals surface area contributed by atoms with Crippen LogP contribution in [0.15, 0.2) is 5.29 Å². The molecule has 76 valence electrons. The summed E-state index contributed by atoms with van der Waals surface area (Å²) >= 11 is 0. The number of nitrogens with zero attached hydrogens (tertiary/aromatic N) is 3. The monoisotopic (exact) mass is 187 g/mol. The number of hydrogen-bond acceptors (Lipinski definition) is 3. The maximum absolute atomic E-state index is 11.4. The first-order chi connectivity index (χ1) is 6.02. The normalized spacial score (nSPS) is 9.92. The van der Waals surface area contributed by atoms with Gasteiger partial charge in [0.1, 0.15) is 0 Å². The summed E-state index contributed by atoms with van der Waals surface area (Å²) in [6, 6.07) is -0.341. The quantitative estimate of drug-likeness (QED) is 0.497. The van der Waals surface area contributed by atoms with Crippen LogP contribution in [0, 0.1) is 10.8 Å². The van der Waals surface area contributed by atoms with E-state index in [2.05, 4.69) is 5.29 Å². The molecule has 0 aliphatic heterocycles. The Hall–Kier alpha value is -1.13. The van der Waals surface area contributed by atoms with Crippen LogP contribution in [0.1, 0.15) is 20.8 Å². The minimum atomic E-state index is -0.341. The maximum Gasteiger partial charge on any atom is 0.342 e. The van der Waals surface area contributed by atoms with Crippen LogP contribution < -0.4 is 0 Å². The van der Waals surface area contributed by atoms with Crippen LogP contribution >= 0.6 is 0 Å². The average molecular weight is 187 g/mol. The fourth-order valence-corrected chi connectivity index (χ4v) is 0.825. The summed E-state index contributed by atoms with van der Waals surface area (Å²) < 4.78 is 0. The van der Waals surface area contributed by atoms with Gasteiger partial charge in [-0.3, -0.25) is 0 Å². The van der Waals surface area contributed by atoms with Crippen molar-refractivity contribution in [3.63, 3.8) is 0 Å². The van der Waals surface area contributed by atoms with E-state index in [0.29, 0.717) is 13.1 Å². The number of nitroso groups, excluding NO2 is 1. The lowest BCUT2D eigenvalue weighted by Gasteiger charge is -2.21. The van der Waals surface area contributed by atoms with Crippen molar-refractivity contribution in [1.82, 2.24) is 9.91 Å². The molecule has 0 aromatic carbocycles. The number of carbonyl (C=O) groups is 1. The second kappa shape index (κ2) is 5.50. The smallest absolute Gasteiger partial charge is 0.326 e. The summed E-state index contributed by atoms with van der Waals surface area (Å²) in [4.78, 5) is 23.2. The number of rotatable bonds is 4. The maximum atomic E-state index is 11.4. The van der Waals surface area contributed by atoms with Gasteiger partial charge in [0.05, 0.1) is 11.8 Å². The van der Waals surface area contributed by atoms with Gasteiger partial charge in [-0.2, -0.15) is 5.01 Å². The molecular weight excluding hydrogens is 170 g/mol. The second-order valence-electron chi connectivity index (χ2n) is 3.35. The van der Waals surface area contributed by atoms with E-state index in [4.69, 9.17) is 0 Å². The number of hydrogen-bond donors (Lipinski definition) is 0. The highest BCUT2D eigenvalue weighted by atomic mass is 16.3. The standard InChI is InChI=1S/C8H17N3O2/c1-5-10(4)8(12)11(9-13)6-7(2)3/h7H,5-6H2,1-4H3. The summed E-state index contributed by atoms with van der Waals surface area (Å²) in [5, 5.41) is 3.64. The summed E-state index contributed by atoms with van der Waals surface area (Å²) in [6.07, 6.45) is 0. The second-order valence-corrected chi connectivity index (χ2v) is 3.35. The Balaban J connectivity index is 4.23. The molecule has 13 heavy (non-hydrogen) atoms. The fourth-order valence-electron chi connectivity index (χ4n) is 0.825. The van der Waals surface area contributed by atoms with Gasteiger partial charge in [-0.1, -0.05) is 13.8 Å². The average Bonchev–Trinajstić information content (AvgIpc) is 2.11. The molecule has 0 fully saturated rings. The van der Waals surface area contributed by atoms with E-state index in [1.54, 1.807) is 7.05 Å². The Morgan fingerprint density at radius 2 is 2.00 bits per heavy atom. The molecule has 0 spiro atoms. The molecule has 5 nitrogen and oxygen atoms in total. The van der Waals surface area contributed by atoms with E-state index in [1.165, 1.54) is 4.90 Å². The Bertz CT molecular complexity index is 182. The Kier molecular flexibility index (Phi) is 5.03. The highest BCUT2D eigenvalue weighted by molar-refractivity contribution is 5.73. The van der Waals surface area contributed by atoms with Crippen LogP contribution in [0.3, 0.4) is 0 Å². The molecule has 0 aliphatic carbocycles. The first-order valence-corrected chi connectivity index (χ1v) is 4.38. The molecule has 0 aromatic rings. The summed E-state index contributed by atoms with van der Waals surface area (Å²) in [6.45, 7) is 6.64. The van der Waals surface area contributed by atoms with Crippen molar-refractivity contribution in [1.29, 1.82) is 0 Å². The third kappa shape index (κ3) is 3.87. The van der Waals surface area contributed by atoms with Gasteiger partial charge in [-0.25, -0.2) is 4.79 Å². The molecule has 0 aliphatic rings. The van der Waals surface area contributed by atoms with E-state index < -0.39 is 0 Å². The van der Waals surface area contributed by atoms with Gasteiger partial charge in [0.25, 0.3) is 0 Å². The van der Waals surface area contributed by atoms with Crippen molar-refractivity contribution in [2.45, 2.75) is 20.8 Å². The molecule has 0 N–H and O–H groups in total. The van der Waals surface area contributed by atoms with Crippen molar-refractivity contribution in [2.75, 3.05) is 20.1 Å².